The second kappa shape index (κ2) is 3.87. The van der Waals surface area contributed by atoms with E-state index >= 15 is 0 Å². The Balaban J connectivity index is 1.72. The van der Waals surface area contributed by atoms with Gasteiger partial charge in [-0.15, -0.1) is 0 Å². The van der Waals surface area contributed by atoms with Crippen LogP contribution in [-0.4, -0.2) is 57.6 Å². The van der Waals surface area contributed by atoms with E-state index in [1.54, 1.807) is 0 Å². The lowest BCUT2D eigenvalue weighted by molar-refractivity contribution is -0.210. The van der Waals surface area contributed by atoms with Crippen LogP contribution in [0.4, 0.5) is 0 Å². The number of nitrogens with one attached hydrogen (secondary N) is 1. The van der Waals surface area contributed by atoms with Gasteiger partial charge in [-0.05, 0) is 13.8 Å². The summed E-state index contributed by atoms with van der Waals surface area (Å²) in [6.45, 7) is 4.07. The van der Waals surface area contributed by atoms with Crippen molar-refractivity contribution in [3.63, 3.8) is 0 Å². The Morgan fingerprint density at radius 1 is 1.28 bits per heavy atom. The lowest BCUT2D eigenvalue weighted by Crippen LogP contribution is -2.40. The molecule has 3 aliphatic rings. The van der Waals surface area contributed by atoms with Gasteiger partial charge in [-0.2, -0.15) is 8.42 Å². The summed E-state index contributed by atoms with van der Waals surface area (Å²) in [6, 6.07) is -0.0940. The summed E-state index contributed by atoms with van der Waals surface area (Å²) < 4.78 is 44.4. The largest absolute Gasteiger partial charge is 0.342 e. The minimum absolute atomic E-state index is 0.0940. The molecule has 104 valence electrons. The maximum atomic E-state index is 11.2. The molecule has 0 aromatic carbocycles. The zero-order valence-electron chi connectivity index (χ0n) is 10.5. The van der Waals surface area contributed by atoms with Crippen LogP contribution in [0.2, 0.25) is 0 Å². The van der Waals surface area contributed by atoms with Crippen molar-refractivity contribution in [2.45, 2.75) is 50.3 Å². The van der Waals surface area contributed by atoms with Gasteiger partial charge in [0.05, 0.1) is 12.3 Å². The van der Waals surface area contributed by atoms with Crippen LogP contribution in [0.1, 0.15) is 13.8 Å². The topological polar surface area (TPSA) is 83.1 Å². The highest BCUT2D eigenvalue weighted by atomic mass is 32.2. The lowest BCUT2D eigenvalue weighted by Gasteiger charge is -2.23. The fraction of sp³-hybridized carbons (Fsp3) is 1.00. The fourth-order valence-corrected chi connectivity index (χ4v) is 3.39. The van der Waals surface area contributed by atoms with Crippen molar-refractivity contribution in [2.24, 2.45) is 0 Å². The number of hydrogen-bond donors (Lipinski definition) is 1. The van der Waals surface area contributed by atoms with Gasteiger partial charge in [0.2, 0.25) is 0 Å². The molecule has 3 saturated heterocycles. The molecule has 0 aromatic heterocycles. The van der Waals surface area contributed by atoms with Crippen LogP contribution in [0.3, 0.4) is 0 Å². The van der Waals surface area contributed by atoms with Crippen LogP contribution in [0.5, 0.6) is 0 Å². The molecule has 1 N–H and O–H groups in total. The van der Waals surface area contributed by atoms with E-state index in [-0.39, 0.29) is 18.2 Å². The Morgan fingerprint density at radius 3 is 2.67 bits per heavy atom. The summed E-state index contributed by atoms with van der Waals surface area (Å²) in [5.41, 5.74) is 0. The molecular weight excluding hydrogens is 262 g/mol. The van der Waals surface area contributed by atoms with E-state index in [9.17, 15) is 8.42 Å². The molecule has 0 aliphatic carbocycles. The Hall–Kier alpha value is -0.250. The smallest absolute Gasteiger partial charge is 0.264 e. The SMILES string of the molecule is CC1(C)O[C@H]2O[C@H]3[C@H](NC[C@H]3OS(C)(=O)=O)[C@H]2O1. The van der Waals surface area contributed by atoms with E-state index in [4.69, 9.17) is 18.4 Å². The average molecular weight is 279 g/mol. The third-order valence-corrected chi connectivity index (χ3v) is 3.90. The van der Waals surface area contributed by atoms with Gasteiger partial charge >= 0.3 is 0 Å². The van der Waals surface area contributed by atoms with Gasteiger partial charge in [0, 0.05) is 6.54 Å². The molecule has 18 heavy (non-hydrogen) atoms. The van der Waals surface area contributed by atoms with Crippen LogP contribution in [0.15, 0.2) is 0 Å². The number of hydrogen-bond acceptors (Lipinski definition) is 7. The molecule has 0 saturated carbocycles. The summed E-state index contributed by atoms with van der Waals surface area (Å²) in [7, 11) is -3.49. The van der Waals surface area contributed by atoms with Gasteiger partial charge in [-0.25, -0.2) is 0 Å². The summed E-state index contributed by atoms with van der Waals surface area (Å²) in [6.07, 6.45) is -0.532. The van der Waals surface area contributed by atoms with Crippen molar-refractivity contribution in [2.75, 3.05) is 12.8 Å². The maximum absolute atomic E-state index is 11.2. The van der Waals surface area contributed by atoms with Crippen LogP contribution >= 0.6 is 0 Å². The van der Waals surface area contributed by atoms with E-state index in [1.165, 1.54) is 0 Å². The van der Waals surface area contributed by atoms with E-state index in [2.05, 4.69) is 5.32 Å². The second-order valence-electron chi connectivity index (χ2n) is 5.34. The minimum atomic E-state index is -3.49. The Labute approximate surface area is 106 Å². The molecule has 3 fully saturated rings. The summed E-state index contributed by atoms with van der Waals surface area (Å²) in [5.74, 6) is -0.669. The van der Waals surface area contributed by atoms with Crippen molar-refractivity contribution in [1.82, 2.24) is 5.32 Å². The highest BCUT2D eigenvalue weighted by Crippen LogP contribution is 2.40. The standard InChI is InChI=1S/C10H17NO6S/c1-10(2)15-8-6-7(14-9(8)16-10)5(4-11-6)17-18(3,12)13/h5-9,11H,4H2,1-3H3/t5-,6+,7-,8-,9-/m1/s1. The zero-order valence-corrected chi connectivity index (χ0v) is 11.3. The number of rotatable bonds is 2. The molecule has 8 heteroatoms. The predicted molar refractivity (Wildman–Crippen MR) is 60.2 cm³/mol. The van der Waals surface area contributed by atoms with E-state index < -0.39 is 28.3 Å². The van der Waals surface area contributed by atoms with Gasteiger partial charge in [0.25, 0.3) is 10.1 Å². The van der Waals surface area contributed by atoms with Crippen LogP contribution in [0.25, 0.3) is 0 Å². The first-order valence-electron chi connectivity index (χ1n) is 5.88. The number of ether oxygens (including phenoxy) is 3. The molecule has 0 radical (unpaired) electrons. The Morgan fingerprint density at radius 2 is 2.00 bits per heavy atom. The normalized spacial score (nSPS) is 46.1. The predicted octanol–water partition coefficient (Wildman–Crippen LogP) is -0.821. The van der Waals surface area contributed by atoms with E-state index in [0.717, 1.165) is 6.26 Å². The van der Waals surface area contributed by atoms with Gasteiger partial charge in [-0.1, -0.05) is 0 Å². The van der Waals surface area contributed by atoms with E-state index in [0.29, 0.717) is 6.54 Å². The summed E-state index contributed by atoms with van der Waals surface area (Å²) in [5, 5.41) is 3.18. The molecule has 0 amide bonds. The molecule has 3 rings (SSSR count). The van der Waals surface area contributed by atoms with Crippen molar-refractivity contribution in [1.29, 1.82) is 0 Å². The molecule has 0 unspecified atom stereocenters. The monoisotopic (exact) mass is 279 g/mol. The molecule has 3 heterocycles. The average Bonchev–Trinajstić information content (AvgIpc) is 2.74. The van der Waals surface area contributed by atoms with Crippen molar-refractivity contribution >= 4 is 10.1 Å². The summed E-state index contributed by atoms with van der Waals surface area (Å²) in [4.78, 5) is 0. The van der Waals surface area contributed by atoms with Gasteiger partial charge in [-0.3, -0.25) is 4.18 Å². The van der Waals surface area contributed by atoms with Crippen LogP contribution in [-0.2, 0) is 28.5 Å². The summed E-state index contributed by atoms with van der Waals surface area (Å²) >= 11 is 0. The van der Waals surface area contributed by atoms with E-state index in [1.807, 2.05) is 13.8 Å². The molecular formula is C10H17NO6S. The van der Waals surface area contributed by atoms with Gasteiger partial charge in [0.1, 0.15) is 18.3 Å². The maximum Gasteiger partial charge on any atom is 0.264 e. The third kappa shape index (κ3) is 2.17. The van der Waals surface area contributed by atoms with Gasteiger partial charge < -0.3 is 19.5 Å². The first-order chi connectivity index (χ1) is 8.25. The zero-order chi connectivity index (χ0) is 13.1. The fourth-order valence-electron chi connectivity index (χ4n) is 2.76. The van der Waals surface area contributed by atoms with Crippen LogP contribution < -0.4 is 5.32 Å². The lowest BCUT2D eigenvalue weighted by atomic mass is 10.1. The third-order valence-electron chi connectivity index (χ3n) is 3.31. The highest BCUT2D eigenvalue weighted by Gasteiger charge is 2.59. The molecule has 5 atom stereocenters. The van der Waals surface area contributed by atoms with Crippen LogP contribution in [0, 0.1) is 0 Å². The van der Waals surface area contributed by atoms with Crippen molar-refractivity contribution in [3.05, 3.63) is 0 Å². The Bertz CT molecular complexity index is 449. The molecule has 0 aromatic rings. The number of fused-ring (bicyclic) bond motifs is 3. The van der Waals surface area contributed by atoms with Crippen molar-refractivity contribution in [3.8, 4) is 0 Å². The quantitative estimate of drug-likeness (QED) is 0.661. The second-order valence-corrected chi connectivity index (χ2v) is 6.94. The van der Waals surface area contributed by atoms with Gasteiger partial charge in [0.15, 0.2) is 12.1 Å². The highest BCUT2D eigenvalue weighted by molar-refractivity contribution is 7.86. The molecule has 7 nitrogen and oxygen atoms in total. The van der Waals surface area contributed by atoms with Crippen molar-refractivity contribution < 1.29 is 26.8 Å². The molecule has 0 spiro atoms. The Kier molecular flexibility index (Phi) is 2.75. The first-order valence-corrected chi connectivity index (χ1v) is 7.70. The first kappa shape index (κ1) is 12.8. The molecule has 0 bridgehead atoms. The minimum Gasteiger partial charge on any atom is -0.342 e. The molecule has 3 aliphatic heterocycles.